The Labute approximate surface area is 182 Å². The number of primary amides is 1. The summed E-state index contributed by atoms with van der Waals surface area (Å²) in [6, 6.07) is 9.58. The van der Waals surface area contributed by atoms with Gasteiger partial charge in [0.2, 0.25) is 0 Å². The van der Waals surface area contributed by atoms with E-state index in [4.69, 9.17) is 10.5 Å². The number of rotatable bonds is 6. The van der Waals surface area contributed by atoms with Gasteiger partial charge in [-0.05, 0) is 45.2 Å². The van der Waals surface area contributed by atoms with Crippen LogP contribution in [0, 0.1) is 6.92 Å². The normalized spacial score (nSPS) is 11.6. The van der Waals surface area contributed by atoms with E-state index in [1.165, 1.54) is 4.57 Å². The number of hydrogen-bond acceptors (Lipinski definition) is 6. The summed E-state index contributed by atoms with van der Waals surface area (Å²) in [4.78, 5) is 51.2. The van der Waals surface area contributed by atoms with Crippen molar-refractivity contribution in [3.8, 4) is 0 Å². The fourth-order valence-corrected chi connectivity index (χ4v) is 4.53. The standard InChI is InChI=1S/C22H25N3O5S/c1-13-16-19(28)25(12-15(26)30-22(2,3)4)21(29)24(20(16)31-17(13)18(23)27)11-10-14-8-6-5-7-9-14/h5-9H,10-12H2,1-4H3,(H2,23,27). The number of ether oxygens (including phenoxy) is 1. The lowest BCUT2D eigenvalue weighted by molar-refractivity contribution is -0.155. The van der Waals surface area contributed by atoms with Gasteiger partial charge in [0.15, 0.2) is 0 Å². The highest BCUT2D eigenvalue weighted by atomic mass is 32.1. The van der Waals surface area contributed by atoms with Crippen LogP contribution in [0.15, 0.2) is 39.9 Å². The minimum absolute atomic E-state index is 0.218. The van der Waals surface area contributed by atoms with E-state index in [2.05, 4.69) is 0 Å². The quantitative estimate of drug-likeness (QED) is 0.587. The molecule has 164 valence electrons. The van der Waals surface area contributed by atoms with Crippen molar-refractivity contribution in [1.82, 2.24) is 9.13 Å². The fraction of sp³-hybridized carbons (Fsp3) is 0.364. The summed E-state index contributed by atoms with van der Waals surface area (Å²) in [7, 11) is 0. The molecule has 3 aromatic rings. The third-order valence-electron chi connectivity index (χ3n) is 4.69. The van der Waals surface area contributed by atoms with Gasteiger partial charge in [-0.25, -0.2) is 9.36 Å². The molecule has 2 heterocycles. The molecule has 0 fully saturated rings. The molecule has 0 aliphatic carbocycles. The number of benzene rings is 1. The number of amides is 1. The predicted molar refractivity (Wildman–Crippen MR) is 120 cm³/mol. The number of nitrogens with zero attached hydrogens (tertiary/aromatic N) is 2. The van der Waals surface area contributed by atoms with E-state index < -0.39 is 35.3 Å². The van der Waals surface area contributed by atoms with Crippen LogP contribution in [0.1, 0.15) is 41.6 Å². The number of aryl methyl sites for hydroxylation is 3. The summed E-state index contributed by atoms with van der Waals surface area (Å²) in [5.74, 6) is -1.36. The molecule has 0 unspecified atom stereocenters. The van der Waals surface area contributed by atoms with Crippen LogP contribution in [-0.4, -0.2) is 26.6 Å². The molecule has 0 atom stereocenters. The summed E-state index contributed by atoms with van der Waals surface area (Å²) in [6.07, 6.45) is 0.531. The second kappa shape index (κ2) is 8.50. The van der Waals surface area contributed by atoms with Crippen molar-refractivity contribution in [3.63, 3.8) is 0 Å². The summed E-state index contributed by atoms with van der Waals surface area (Å²) in [5.41, 5.74) is 4.87. The number of thiophene rings is 1. The zero-order valence-corrected chi connectivity index (χ0v) is 18.7. The van der Waals surface area contributed by atoms with Gasteiger partial charge in [-0.3, -0.25) is 19.0 Å². The van der Waals surface area contributed by atoms with E-state index in [-0.39, 0.29) is 16.8 Å². The third kappa shape index (κ3) is 4.77. The van der Waals surface area contributed by atoms with Gasteiger partial charge in [0.1, 0.15) is 17.0 Å². The largest absolute Gasteiger partial charge is 0.459 e. The zero-order valence-electron chi connectivity index (χ0n) is 17.9. The van der Waals surface area contributed by atoms with Crippen LogP contribution in [0.5, 0.6) is 0 Å². The molecule has 0 aliphatic heterocycles. The second-order valence-electron chi connectivity index (χ2n) is 8.25. The average molecular weight is 444 g/mol. The Morgan fingerprint density at radius 2 is 1.74 bits per heavy atom. The maximum atomic E-state index is 13.2. The van der Waals surface area contributed by atoms with E-state index in [1.54, 1.807) is 27.7 Å². The Balaban J connectivity index is 2.16. The van der Waals surface area contributed by atoms with E-state index in [9.17, 15) is 19.2 Å². The van der Waals surface area contributed by atoms with Crippen molar-refractivity contribution in [3.05, 3.63) is 67.2 Å². The van der Waals surface area contributed by atoms with Crippen LogP contribution >= 0.6 is 11.3 Å². The Morgan fingerprint density at radius 3 is 2.32 bits per heavy atom. The summed E-state index contributed by atoms with van der Waals surface area (Å²) in [5, 5.41) is 0.218. The molecule has 0 bridgehead atoms. The smallest absolute Gasteiger partial charge is 0.332 e. The van der Waals surface area contributed by atoms with Crippen LogP contribution in [0.2, 0.25) is 0 Å². The van der Waals surface area contributed by atoms with Gasteiger partial charge in [0.25, 0.3) is 11.5 Å². The molecule has 0 radical (unpaired) electrons. The van der Waals surface area contributed by atoms with E-state index in [0.29, 0.717) is 16.8 Å². The van der Waals surface area contributed by atoms with Crippen LogP contribution in [-0.2, 0) is 29.0 Å². The summed E-state index contributed by atoms with van der Waals surface area (Å²) < 4.78 is 7.58. The van der Waals surface area contributed by atoms with Gasteiger partial charge in [0, 0.05) is 6.54 Å². The lowest BCUT2D eigenvalue weighted by Crippen LogP contribution is -2.42. The zero-order chi connectivity index (χ0) is 22.9. The van der Waals surface area contributed by atoms with Crippen molar-refractivity contribution in [2.75, 3.05) is 0 Å². The van der Waals surface area contributed by atoms with Crippen molar-refractivity contribution in [1.29, 1.82) is 0 Å². The Hall–Kier alpha value is -3.20. The minimum atomic E-state index is -0.755. The van der Waals surface area contributed by atoms with Crippen LogP contribution in [0.3, 0.4) is 0 Å². The molecule has 3 rings (SSSR count). The number of carbonyl (C=O) groups excluding carboxylic acids is 2. The first-order valence-electron chi connectivity index (χ1n) is 9.82. The first-order valence-corrected chi connectivity index (χ1v) is 10.6. The molecule has 2 aromatic heterocycles. The Kier molecular flexibility index (Phi) is 6.17. The van der Waals surface area contributed by atoms with Gasteiger partial charge in [-0.2, -0.15) is 0 Å². The Morgan fingerprint density at radius 1 is 1.10 bits per heavy atom. The maximum absolute atomic E-state index is 13.2. The Bertz CT molecular complexity index is 1260. The number of esters is 1. The van der Waals surface area contributed by atoms with Crippen molar-refractivity contribution in [2.24, 2.45) is 5.73 Å². The molecular weight excluding hydrogens is 418 g/mol. The second-order valence-corrected chi connectivity index (χ2v) is 9.25. The molecule has 8 nitrogen and oxygen atoms in total. The number of fused-ring (bicyclic) bond motifs is 1. The van der Waals surface area contributed by atoms with Crippen LogP contribution in [0.4, 0.5) is 0 Å². The highest BCUT2D eigenvalue weighted by Crippen LogP contribution is 2.27. The van der Waals surface area contributed by atoms with Crippen molar-refractivity contribution in [2.45, 2.75) is 52.8 Å². The molecule has 0 saturated heterocycles. The number of nitrogens with two attached hydrogens (primary N) is 1. The first kappa shape index (κ1) is 22.5. The minimum Gasteiger partial charge on any atom is -0.459 e. The molecule has 0 aliphatic rings. The van der Waals surface area contributed by atoms with Crippen LogP contribution in [0.25, 0.3) is 10.2 Å². The van der Waals surface area contributed by atoms with E-state index in [1.807, 2.05) is 30.3 Å². The molecular formula is C22H25N3O5S. The fourth-order valence-electron chi connectivity index (χ4n) is 3.35. The lowest BCUT2D eigenvalue weighted by Gasteiger charge is -2.20. The van der Waals surface area contributed by atoms with E-state index in [0.717, 1.165) is 21.5 Å². The summed E-state index contributed by atoms with van der Waals surface area (Å²) in [6.45, 7) is 6.49. The molecule has 31 heavy (non-hydrogen) atoms. The van der Waals surface area contributed by atoms with Gasteiger partial charge in [-0.1, -0.05) is 30.3 Å². The predicted octanol–water partition coefficient (Wildman–Crippen LogP) is 2.22. The highest BCUT2D eigenvalue weighted by Gasteiger charge is 2.24. The number of aromatic nitrogens is 2. The molecule has 2 N–H and O–H groups in total. The molecule has 1 aromatic carbocycles. The number of carbonyl (C=O) groups is 2. The SMILES string of the molecule is Cc1c(C(N)=O)sc2c1c(=O)n(CC(=O)OC(C)(C)C)c(=O)n2CCc1ccccc1. The lowest BCUT2D eigenvalue weighted by atomic mass is 10.1. The van der Waals surface area contributed by atoms with Gasteiger partial charge in [0.05, 0.1) is 10.3 Å². The topological polar surface area (TPSA) is 113 Å². The van der Waals surface area contributed by atoms with Crippen molar-refractivity contribution >= 4 is 33.4 Å². The van der Waals surface area contributed by atoms with Gasteiger partial charge < -0.3 is 10.5 Å². The molecule has 1 amide bonds. The summed E-state index contributed by atoms with van der Waals surface area (Å²) >= 11 is 1.02. The average Bonchev–Trinajstić information content (AvgIpc) is 3.02. The van der Waals surface area contributed by atoms with Gasteiger partial charge >= 0.3 is 11.7 Å². The molecule has 0 spiro atoms. The molecule has 9 heteroatoms. The van der Waals surface area contributed by atoms with Gasteiger partial charge in [-0.15, -0.1) is 11.3 Å². The number of hydrogen-bond donors (Lipinski definition) is 1. The first-order chi connectivity index (χ1) is 14.5. The molecule has 0 saturated carbocycles. The third-order valence-corrected chi connectivity index (χ3v) is 6.02. The van der Waals surface area contributed by atoms with Crippen molar-refractivity contribution < 1.29 is 14.3 Å². The monoisotopic (exact) mass is 443 g/mol. The van der Waals surface area contributed by atoms with E-state index >= 15 is 0 Å². The van der Waals surface area contributed by atoms with Crippen LogP contribution < -0.4 is 17.0 Å². The maximum Gasteiger partial charge on any atom is 0.332 e. The highest BCUT2D eigenvalue weighted by molar-refractivity contribution is 7.20.